The van der Waals surface area contributed by atoms with E-state index in [0.29, 0.717) is 36.2 Å². The molecule has 2 aromatic heterocycles. The molecule has 0 spiro atoms. The average Bonchev–Trinajstić information content (AvgIpc) is 3.41. The lowest BCUT2D eigenvalue weighted by atomic mass is 10.2. The Balaban J connectivity index is 1.64. The molecule has 0 atom stereocenters. The Labute approximate surface area is 211 Å². The molecule has 1 amide bonds. The number of nitrogens with zero attached hydrogens (tertiary/aromatic N) is 3. The van der Waals surface area contributed by atoms with Gasteiger partial charge in [-0.05, 0) is 36.2 Å². The maximum Gasteiger partial charge on any atom is 0.245 e. The smallest absolute Gasteiger partial charge is 0.245 e. The Morgan fingerprint density at radius 3 is 2.53 bits per heavy atom. The SMILES string of the molecule is COCCCN(CC(=O)N(Cc1ccccc1)Cc1ccco1)S(=O)(=O)c1cccc2cccnc12. The van der Waals surface area contributed by atoms with E-state index in [1.54, 1.807) is 48.7 Å². The molecule has 2 heterocycles. The van der Waals surface area contributed by atoms with Crippen LogP contribution in [0.15, 0.2) is 94.6 Å². The average molecular weight is 508 g/mol. The van der Waals surface area contributed by atoms with Crippen molar-refractivity contribution in [2.45, 2.75) is 24.4 Å². The second-order valence-corrected chi connectivity index (χ2v) is 10.2. The van der Waals surface area contributed by atoms with E-state index < -0.39 is 10.0 Å². The molecule has 2 aromatic carbocycles. The molecule has 0 saturated carbocycles. The Morgan fingerprint density at radius 2 is 1.78 bits per heavy atom. The van der Waals surface area contributed by atoms with Gasteiger partial charge >= 0.3 is 0 Å². The van der Waals surface area contributed by atoms with Gasteiger partial charge in [0.1, 0.15) is 10.7 Å². The summed E-state index contributed by atoms with van der Waals surface area (Å²) in [7, 11) is -2.47. The zero-order chi connectivity index (χ0) is 25.4. The summed E-state index contributed by atoms with van der Waals surface area (Å²) in [4.78, 5) is 19.6. The summed E-state index contributed by atoms with van der Waals surface area (Å²) in [6.45, 7) is 0.729. The zero-order valence-electron chi connectivity index (χ0n) is 20.1. The number of hydrogen-bond donors (Lipinski definition) is 0. The van der Waals surface area contributed by atoms with Crippen molar-refractivity contribution in [3.63, 3.8) is 0 Å². The van der Waals surface area contributed by atoms with E-state index in [1.807, 2.05) is 42.5 Å². The van der Waals surface area contributed by atoms with E-state index in [-0.39, 0.29) is 30.4 Å². The molecule has 0 fully saturated rings. The summed E-state index contributed by atoms with van der Waals surface area (Å²) in [6.07, 6.45) is 3.56. The number of carbonyl (C=O) groups excluding carboxylic acids is 1. The van der Waals surface area contributed by atoms with Gasteiger partial charge in [-0.25, -0.2) is 8.42 Å². The number of fused-ring (bicyclic) bond motifs is 1. The van der Waals surface area contributed by atoms with Crippen LogP contribution in [0.1, 0.15) is 17.7 Å². The van der Waals surface area contributed by atoms with E-state index >= 15 is 0 Å². The highest BCUT2D eigenvalue weighted by Gasteiger charge is 2.30. The van der Waals surface area contributed by atoms with Crippen molar-refractivity contribution in [2.24, 2.45) is 0 Å². The standard InChI is InChI=1S/C27H29N3O5S/c1-34-17-8-16-30(36(32,33)25-14-5-11-23-12-6-15-28-27(23)25)21-26(31)29(20-24-13-7-18-35-24)19-22-9-3-2-4-10-22/h2-7,9-15,18H,8,16-17,19-21H2,1H3. The van der Waals surface area contributed by atoms with Crippen molar-refractivity contribution >= 4 is 26.8 Å². The molecule has 0 N–H and O–H groups in total. The summed E-state index contributed by atoms with van der Waals surface area (Å²) in [6, 6.07) is 21.7. The van der Waals surface area contributed by atoms with Crippen LogP contribution in [0.5, 0.6) is 0 Å². The first-order valence-corrected chi connectivity index (χ1v) is 13.1. The van der Waals surface area contributed by atoms with Crippen LogP contribution in [0.4, 0.5) is 0 Å². The molecular weight excluding hydrogens is 478 g/mol. The largest absolute Gasteiger partial charge is 0.467 e. The van der Waals surface area contributed by atoms with Crippen LogP contribution in [0.3, 0.4) is 0 Å². The summed E-state index contributed by atoms with van der Waals surface area (Å²) >= 11 is 0. The fourth-order valence-corrected chi connectivity index (χ4v) is 5.56. The number of amides is 1. The molecule has 0 unspecified atom stereocenters. The molecule has 0 aliphatic heterocycles. The molecule has 4 rings (SSSR count). The molecule has 0 saturated heterocycles. The highest BCUT2D eigenvalue weighted by molar-refractivity contribution is 7.89. The minimum absolute atomic E-state index is 0.0754. The Kier molecular flexibility index (Phi) is 8.48. The van der Waals surface area contributed by atoms with Crippen LogP contribution >= 0.6 is 0 Å². The quantitative estimate of drug-likeness (QED) is 0.268. The number of aromatic nitrogens is 1. The van der Waals surface area contributed by atoms with E-state index in [0.717, 1.165) is 5.56 Å². The van der Waals surface area contributed by atoms with Gasteiger partial charge in [-0.3, -0.25) is 9.78 Å². The lowest BCUT2D eigenvalue weighted by Crippen LogP contribution is -2.43. The van der Waals surface area contributed by atoms with Crippen molar-refractivity contribution in [2.75, 3.05) is 26.8 Å². The first kappa shape index (κ1) is 25.6. The van der Waals surface area contributed by atoms with Crippen molar-refractivity contribution in [1.82, 2.24) is 14.2 Å². The number of rotatable bonds is 12. The molecule has 0 radical (unpaired) electrons. The van der Waals surface area contributed by atoms with Gasteiger partial charge in [0, 0.05) is 38.4 Å². The Bertz CT molecular complexity index is 1370. The summed E-state index contributed by atoms with van der Waals surface area (Å²) in [5.41, 5.74) is 1.31. The number of benzene rings is 2. The fourth-order valence-electron chi connectivity index (χ4n) is 3.97. The van der Waals surface area contributed by atoms with E-state index in [2.05, 4.69) is 4.98 Å². The first-order chi connectivity index (χ1) is 17.5. The molecule has 8 nitrogen and oxygen atoms in total. The summed E-state index contributed by atoms with van der Waals surface area (Å²) in [5.74, 6) is 0.288. The topological polar surface area (TPSA) is 93.0 Å². The number of hydrogen-bond acceptors (Lipinski definition) is 6. The van der Waals surface area contributed by atoms with Crippen LogP contribution < -0.4 is 0 Å². The van der Waals surface area contributed by atoms with E-state index in [9.17, 15) is 13.2 Å². The molecule has 0 aliphatic carbocycles. The normalized spacial score (nSPS) is 11.7. The predicted octanol–water partition coefficient (Wildman–Crippen LogP) is 4.08. The van der Waals surface area contributed by atoms with Crippen molar-refractivity contribution in [3.05, 3.63) is 96.6 Å². The van der Waals surface area contributed by atoms with Gasteiger partial charge in [-0.1, -0.05) is 48.5 Å². The van der Waals surface area contributed by atoms with Crippen LogP contribution in [0.2, 0.25) is 0 Å². The van der Waals surface area contributed by atoms with Gasteiger partial charge in [0.05, 0.1) is 24.9 Å². The van der Waals surface area contributed by atoms with Crippen LogP contribution in [0.25, 0.3) is 10.9 Å². The third-order valence-corrected chi connectivity index (χ3v) is 7.65. The molecule has 36 heavy (non-hydrogen) atoms. The summed E-state index contributed by atoms with van der Waals surface area (Å²) in [5, 5.41) is 0.713. The highest BCUT2D eigenvalue weighted by atomic mass is 32.2. The molecule has 0 aliphatic rings. The van der Waals surface area contributed by atoms with E-state index in [4.69, 9.17) is 9.15 Å². The Hall–Kier alpha value is -3.53. The number of furan rings is 1. The Morgan fingerprint density at radius 1 is 0.972 bits per heavy atom. The second-order valence-electron chi connectivity index (χ2n) is 8.33. The maximum absolute atomic E-state index is 13.8. The fraction of sp³-hybridized carbons (Fsp3) is 0.259. The number of pyridine rings is 1. The van der Waals surface area contributed by atoms with Gasteiger partial charge in [-0.2, -0.15) is 4.31 Å². The lowest BCUT2D eigenvalue weighted by Gasteiger charge is -2.27. The third kappa shape index (κ3) is 6.17. The zero-order valence-corrected chi connectivity index (χ0v) is 20.9. The maximum atomic E-state index is 13.8. The van der Waals surface area contributed by atoms with Crippen LogP contribution in [-0.4, -0.2) is 55.3 Å². The van der Waals surface area contributed by atoms with E-state index in [1.165, 1.54) is 10.4 Å². The second kappa shape index (κ2) is 11.9. The number of ether oxygens (including phenoxy) is 1. The van der Waals surface area contributed by atoms with Crippen molar-refractivity contribution in [1.29, 1.82) is 0 Å². The first-order valence-electron chi connectivity index (χ1n) is 11.7. The van der Waals surface area contributed by atoms with Crippen LogP contribution in [-0.2, 0) is 32.6 Å². The number of carbonyl (C=O) groups is 1. The summed E-state index contributed by atoms with van der Waals surface area (Å²) < 4.78 is 39.5. The highest BCUT2D eigenvalue weighted by Crippen LogP contribution is 2.24. The molecule has 0 bridgehead atoms. The lowest BCUT2D eigenvalue weighted by molar-refractivity contribution is -0.133. The van der Waals surface area contributed by atoms with Gasteiger partial charge < -0.3 is 14.1 Å². The van der Waals surface area contributed by atoms with Gasteiger partial charge in [0.2, 0.25) is 15.9 Å². The van der Waals surface area contributed by atoms with Crippen molar-refractivity contribution in [3.8, 4) is 0 Å². The number of para-hydroxylation sites is 1. The third-order valence-electron chi connectivity index (χ3n) is 5.78. The monoisotopic (exact) mass is 507 g/mol. The van der Waals surface area contributed by atoms with Crippen LogP contribution in [0, 0.1) is 0 Å². The van der Waals surface area contributed by atoms with Crippen molar-refractivity contribution < 1.29 is 22.4 Å². The predicted molar refractivity (Wildman–Crippen MR) is 136 cm³/mol. The van der Waals surface area contributed by atoms with Gasteiger partial charge in [0.25, 0.3) is 0 Å². The minimum atomic E-state index is -4.03. The van der Waals surface area contributed by atoms with Gasteiger partial charge in [0.15, 0.2) is 0 Å². The molecule has 188 valence electrons. The number of sulfonamides is 1. The molecule has 9 heteroatoms. The number of methoxy groups -OCH3 is 1. The molecule has 4 aromatic rings. The van der Waals surface area contributed by atoms with Gasteiger partial charge in [-0.15, -0.1) is 0 Å². The minimum Gasteiger partial charge on any atom is -0.467 e. The molecular formula is C27H29N3O5S.